The molecule has 0 aliphatic rings. The van der Waals surface area contributed by atoms with Gasteiger partial charge in [0.1, 0.15) is 0 Å². The van der Waals surface area contributed by atoms with E-state index < -0.39 is 0 Å². The Morgan fingerprint density at radius 1 is 1.35 bits per heavy atom. The summed E-state index contributed by atoms with van der Waals surface area (Å²) in [5.74, 6) is 0. The van der Waals surface area contributed by atoms with Gasteiger partial charge in [-0.25, -0.2) is 4.98 Å². The van der Waals surface area contributed by atoms with Crippen molar-refractivity contribution in [2.75, 3.05) is 6.54 Å². The second-order valence-corrected chi connectivity index (χ2v) is 4.31. The fourth-order valence-corrected chi connectivity index (χ4v) is 2.27. The summed E-state index contributed by atoms with van der Waals surface area (Å²) in [7, 11) is 0. The Kier molecular flexibility index (Phi) is 4.13. The number of benzene rings is 1. The van der Waals surface area contributed by atoms with E-state index in [1.54, 1.807) is 11.3 Å². The Hall–Kier alpha value is -1.84. The van der Waals surface area contributed by atoms with Crippen LogP contribution in [-0.4, -0.2) is 11.5 Å². The second-order valence-electron chi connectivity index (χ2n) is 3.59. The van der Waals surface area contributed by atoms with Gasteiger partial charge in [0.2, 0.25) is 0 Å². The van der Waals surface area contributed by atoms with Crippen molar-refractivity contribution in [3.63, 3.8) is 0 Å². The van der Waals surface area contributed by atoms with Crippen molar-refractivity contribution in [1.29, 1.82) is 0 Å². The van der Waals surface area contributed by atoms with Crippen LogP contribution in [0.15, 0.2) is 40.3 Å². The summed E-state index contributed by atoms with van der Waals surface area (Å²) in [6.07, 6.45) is 1.78. The fourth-order valence-electron chi connectivity index (χ4n) is 1.72. The average Bonchev–Trinajstić information content (AvgIpc) is 2.89. The molecule has 0 amide bonds. The first-order valence-electron chi connectivity index (χ1n) is 5.39. The largest absolute Gasteiger partial charge is 0.245 e. The molecule has 2 rings (SSSR count). The van der Waals surface area contributed by atoms with Crippen molar-refractivity contribution in [3.05, 3.63) is 51.2 Å². The number of aromatic nitrogens is 1. The Morgan fingerprint density at radius 3 is 3.00 bits per heavy atom. The number of hydrogen-bond acceptors (Lipinski definition) is 3. The zero-order valence-electron chi connectivity index (χ0n) is 9.28. The molecule has 0 N–H and O–H groups in total. The molecule has 0 atom stereocenters. The standard InChI is InChI=1S/C12H12N4S/c13-16-15-7-3-5-10-4-1-2-6-11(10)12-8-17-9-14-12/h1-2,4,6,8-9H,3,5,7H2. The van der Waals surface area contributed by atoms with Gasteiger partial charge in [0.25, 0.3) is 0 Å². The molecule has 86 valence electrons. The molecule has 0 aliphatic heterocycles. The van der Waals surface area contributed by atoms with E-state index in [0.717, 1.165) is 18.5 Å². The summed E-state index contributed by atoms with van der Waals surface area (Å²) >= 11 is 1.60. The first-order valence-corrected chi connectivity index (χ1v) is 6.33. The lowest BCUT2D eigenvalue weighted by Gasteiger charge is -2.06. The topological polar surface area (TPSA) is 61.7 Å². The van der Waals surface area contributed by atoms with Crippen LogP contribution in [0.5, 0.6) is 0 Å². The van der Waals surface area contributed by atoms with Crippen molar-refractivity contribution in [3.8, 4) is 11.3 Å². The van der Waals surface area contributed by atoms with Crippen LogP contribution in [0.25, 0.3) is 21.7 Å². The lowest BCUT2D eigenvalue weighted by Crippen LogP contribution is -1.92. The van der Waals surface area contributed by atoms with Crippen molar-refractivity contribution < 1.29 is 0 Å². The summed E-state index contributed by atoms with van der Waals surface area (Å²) in [4.78, 5) is 7.08. The van der Waals surface area contributed by atoms with Crippen molar-refractivity contribution in [2.24, 2.45) is 5.11 Å². The highest BCUT2D eigenvalue weighted by Gasteiger charge is 2.05. The molecule has 1 aromatic heterocycles. The van der Waals surface area contributed by atoms with E-state index >= 15 is 0 Å². The molecule has 2 aromatic rings. The average molecular weight is 244 g/mol. The number of nitrogens with zero attached hydrogens (tertiary/aromatic N) is 4. The van der Waals surface area contributed by atoms with Gasteiger partial charge in [-0.1, -0.05) is 29.4 Å². The molecule has 5 heteroatoms. The zero-order chi connectivity index (χ0) is 11.9. The van der Waals surface area contributed by atoms with Crippen LogP contribution in [0.3, 0.4) is 0 Å². The van der Waals surface area contributed by atoms with Crippen LogP contribution in [0.1, 0.15) is 12.0 Å². The van der Waals surface area contributed by atoms with E-state index in [0.29, 0.717) is 6.54 Å². The van der Waals surface area contributed by atoms with Crippen LogP contribution in [0.2, 0.25) is 0 Å². The third-order valence-electron chi connectivity index (χ3n) is 2.49. The smallest absolute Gasteiger partial charge is 0.0813 e. The first kappa shape index (κ1) is 11.6. The number of rotatable bonds is 5. The third kappa shape index (κ3) is 3.06. The summed E-state index contributed by atoms with van der Waals surface area (Å²) in [6.45, 7) is 0.544. The van der Waals surface area contributed by atoms with E-state index in [9.17, 15) is 0 Å². The molecule has 0 radical (unpaired) electrons. The minimum absolute atomic E-state index is 0.544. The minimum Gasteiger partial charge on any atom is -0.245 e. The van der Waals surface area contributed by atoms with E-state index in [4.69, 9.17) is 5.53 Å². The molecule has 1 aromatic carbocycles. The minimum atomic E-state index is 0.544. The highest BCUT2D eigenvalue weighted by molar-refractivity contribution is 7.07. The summed E-state index contributed by atoms with van der Waals surface area (Å²) in [5, 5.41) is 5.59. The number of thiazole rings is 1. The molecule has 0 fully saturated rings. The number of aryl methyl sites for hydroxylation is 1. The highest BCUT2D eigenvalue weighted by atomic mass is 32.1. The molecule has 0 spiro atoms. The van der Waals surface area contributed by atoms with Gasteiger partial charge in [0, 0.05) is 22.4 Å². The molecular formula is C12H12N4S. The van der Waals surface area contributed by atoms with E-state index in [1.165, 1.54) is 11.1 Å². The molecular weight excluding hydrogens is 232 g/mol. The van der Waals surface area contributed by atoms with Crippen molar-refractivity contribution in [1.82, 2.24) is 4.98 Å². The molecule has 0 saturated carbocycles. The molecule has 4 nitrogen and oxygen atoms in total. The fraction of sp³-hybridized carbons (Fsp3) is 0.250. The zero-order valence-corrected chi connectivity index (χ0v) is 10.1. The van der Waals surface area contributed by atoms with Crippen LogP contribution in [0.4, 0.5) is 0 Å². The normalized spacial score (nSPS) is 9.88. The van der Waals surface area contributed by atoms with E-state index in [-0.39, 0.29) is 0 Å². The molecule has 0 unspecified atom stereocenters. The monoisotopic (exact) mass is 244 g/mol. The molecule has 0 saturated heterocycles. The highest BCUT2D eigenvalue weighted by Crippen LogP contribution is 2.24. The molecule has 17 heavy (non-hydrogen) atoms. The maximum atomic E-state index is 8.22. The van der Waals surface area contributed by atoms with Crippen molar-refractivity contribution >= 4 is 11.3 Å². The van der Waals surface area contributed by atoms with Crippen LogP contribution >= 0.6 is 11.3 Å². The van der Waals surface area contributed by atoms with Gasteiger partial charge >= 0.3 is 0 Å². The second kappa shape index (κ2) is 6.03. The summed E-state index contributed by atoms with van der Waals surface area (Å²) < 4.78 is 0. The van der Waals surface area contributed by atoms with Gasteiger partial charge in [-0.3, -0.25) is 0 Å². The molecule has 0 bridgehead atoms. The van der Waals surface area contributed by atoms with Crippen molar-refractivity contribution in [2.45, 2.75) is 12.8 Å². The predicted molar refractivity (Wildman–Crippen MR) is 69.9 cm³/mol. The Labute approximate surface area is 104 Å². The lowest BCUT2D eigenvalue weighted by atomic mass is 10.0. The van der Waals surface area contributed by atoms with Gasteiger partial charge < -0.3 is 0 Å². The predicted octanol–water partition coefficient (Wildman–Crippen LogP) is 4.05. The van der Waals surface area contributed by atoms with Gasteiger partial charge in [0.15, 0.2) is 0 Å². The first-order chi connectivity index (χ1) is 8.42. The van der Waals surface area contributed by atoms with Gasteiger partial charge in [-0.15, -0.1) is 11.3 Å². The van der Waals surface area contributed by atoms with E-state index in [2.05, 4.69) is 27.1 Å². The Morgan fingerprint density at radius 2 is 2.24 bits per heavy atom. The third-order valence-corrected chi connectivity index (χ3v) is 3.08. The maximum absolute atomic E-state index is 8.22. The van der Waals surface area contributed by atoms with Crippen LogP contribution in [0, 0.1) is 0 Å². The van der Waals surface area contributed by atoms with Crippen LogP contribution in [-0.2, 0) is 6.42 Å². The summed E-state index contributed by atoms with van der Waals surface area (Å²) in [5.41, 5.74) is 13.5. The lowest BCUT2D eigenvalue weighted by molar-refractivity contribution is 0.828. The van der Waals surface area contributed by atoms with Gasteiger partial charge in [-0.05, 0) is 23.9 Å². The Bertz CT molecular complexity index is 515. The Balaban J connectivity index is 2.14. The molecule has 0 aliphatic carbocycles. The summed E-state index contributed by atoms with van der Waals surface area (Å²) in [6, 6.07) is 8.23. The molecule has 1 heterocycles. The van der Waals surface area contributed by atoms with Crippen LogP contribution < -0.4 is 0 Å². The maximum Gasteiger partial charge on any atom is 0.0813 e. The van der Waals surface area contributed by atoms with Gasteiger partial charge in [0.05, 0.1) is 11.2 Å². The quantitative estimate of drug-likeness (QED) is 0.338. The van der Waals surface area contributed by atoms with E-state index in [1.807, 2.05) is 23.0 Å². The SMILES string of the molecule is [N-]=[N+]=NCCCc1ccccc1-c1cscn1. The number of hydrogen-bond donors (Lipinski definition) is 0. The van der Waals surface area contributed by atoms with Gasteiger partial charge in [-0.2, -0.15) is 0 Å². The number of azide groups is 1.